The van der Waals surface area contributed by atoms with E-state index in [1.807, 2.05) is 9.34 Å². The lowest BCUT2D eigenvalue weighted by molar-refractivity contribution is -0.144. The lowest BCUT2D eigenvalue weighted by atomic mass is 10.3. The average Bonchev–Trinajstić information content (AvgIpc) is 3.21. The molecule has 0 spiro atoms. The Morgan fingerprint density at radius 2 is 1.89 bits per heavy atom. The van der Waals surface area contributed by atoms with E-state index in [1.165, 1.54) is 7.11 Å². The van der Waals surface area contributed by atoms with Crippen LogP contribution in [0.1, 0.15) is 6.92 Å². The second kappa shape index (κ2) is 5.47. The molecule has 0 aromatic rings. The SMILES string of the molecule is COC(=O)C(C)N(CCCl)P(=O)(N1CC1)N1CC1. The second-order valence-corrected chi connectivity index (χ2v) is 7.52. The number of alkyl halides is 1. The molecule has 18 heavy (non-hydrogen) atoms. The molecule has 0 aromatic carbocycles. The Balaban J connectivity index is 2.21. The maximum atomic E-state index is 13.2. The minimum Gasteiger partial charge on any atom is -0.468 e. The number of esters is 1. The van der Waals surface area contributed by atoms with E-state index in [1.54, 1.807) is 11.6 Å². The summed E-state index contributed by atoms with van der Waals surface area (Å²) in [5.41, 5.74) is 0. The van der Waals surface area contributed by atoms with Crippen LogP contribution in [0, 0.1) is 0 Å². The zero-order chi connectivity index (χ0) is 13.3. The highest BCUT2D eigenvalue weighted by Crippen LogP contribution is 2.63. The first-order valence-corrected chi connectivity index (χ1v) is 8.17. The van der Waals surface area contributed by atoms with E-state index in [4.69, 9.17) is 16.3 Å². The van der Waals surface area contributed by atoms with Crippen molar-refractivity contribution in [3.05, 3.63) is 0 Å². The Bertz CT molecular complexity index is 357. The van der Waals surface area contributed by atoms with Gasteiger partial charge < -0.3 is 4.74 Å². The van der Waals surface area contributed by atoms with Gasteiger partial charge in [-0.2, -0.15) is 0 Å². The monoisotopic (exact) mass is 295 g/mol. The number of ether oxygens (including phenoxy) is 1. The molecule has 0 N–H and O–H groups in total. The predicted octanol–water partition coefficient (Wildman–Crippen LogP) is 0.828. The molecule has 6 nitrogen and oxygen atoms in total. The molecular weight excluding hydrogens is 277 g/mol. The van der Waals surface area contributed by atoms with Crippen molar-refractivity contribution in [1.82, 2.24) is 14.0 Å². The maximum absolute atomic E-state index is 13.2. The van der Waals surface area contributed by atoms with Gasteiger partial charge in [0, 0.05) is 38.6 Å². The standard InChI is InChI=1S/C10H19ClN3O3P/c1-9(10(15)17-2)14(4-3-11)18(16,12-5-6-12)13-7-8-13/h9H,3-8H2,1-2H3. The summed E-state index contributed by atoms with van der Waals surface area (Å²) in [7, 11) is -1.43. The van der Waals surface area contributed by atoms with Gasteiger partial charge in [-0.15, -0.1) is 11.6 Å². The lowest BCUT2D eigenvalue weighted by Crippen LogP contribution is -2.41. The highest BCUT2D eigenvalue weighted by atomic mass is 35.5. The fourth-order valence-electron chi connectivity index (χ4n) is 2.04. The van der Waals surface area contributed by atoms with Gasteiger partial charge in [0.2, 0.25) is 0 Å². The van der Waals surface area contributed by atoms with E-state index in [-0.39, 0.29) is 5.97 Å². The van der Waals surface area contributed by atoms with Crippen LogP contribution in [0.4, 0.5) is 0 Å². The van der Waals surface area contributed by atoms with Gasteiger partial charge in [-0.25, -0.2) is 14.0 Å². The number of hydrogen-bond acceptors (Lipinski definition) is 3. The third kappa shape index (κ3) is 2.58. The van der Waals surface area contributed by atoms with Crippen LogP contribution in [0.25, 0.3) is 0 Å². The maximum Gasteiger partial charge on any atom is 0.323 e. The van der Waals surface area contributed by atoms with Gasteiger partial charge >= 0.3 is 5.97 Å². The van der Waals surface area contributed by atoms with Crippen LogP contribution in [-0.4, -0.2) is 71.7 Å². The normalized spacial score (nSPS) is 22.0. The van der Waals surface area contributed by atoms with E-state index in [9.17, 15) is 9.36 Å². The predicted molar refractivity (Wildman–Crippen MR) is 69.7 cm³/mol. The van der Waals surface area contributed by atoms with E-state index in [2.05, 4.69) is 0 Å². The third-order valence-electron chi connectivity index (χ3n) is 3.22. The number of hydrogen-bond donors (Lipinski definition) is 0. The van der Waals surface area contributed by atoms with Crippen molar-refractivity contribution < 1.29 is 14.1 Å². The molecule has 2 fully saturated rings. The smallest absolute Gasteiger partial charge is 0.323 e. The summed E-state index contributed by atoms with van der Waals surface area (Å²) in [6.45, 7) is 5.42. The molecule has 0 saturated carbocycles. The van der Waals surface area contributed by atoms with Crippen molar-refractivity contribution in [1.29, 1.82) is 0 Å². The molecule has 0 amide bonds. The molecule has 0 radical (unpaired) electrons. The first kappa shape index (κ1) is 14.3. The van der Waals surface area contributed by atoms with Gasteiger partial charge in [-0.05, 0) is 6.92 Å². The number of carbonyl (C=O) groups excluding carboxylic acids is 1. The van der Waals surface area contributed by atoms with Crippen molar-refractivity contribution >= 4 is 25.2 Å². The van der Waals surface area contributed by atoms with Crippen molar-refractivity contribution in [2.24, 2.45) is 0 Å². The third-order valence-corrected chi connectivity index (χ3v) is 6.88. The highest BCUT2D eigenvalue weighted by Gasteiger charge is 2.53. The summed E-state index contributed by atoms with van der Waals surface area (Å²) in [4.78, 5) is 11.7. The van der Waals surface area contributed by atoms with Gasteiger partial charge in [-0.1, -0.05) is 0 Å². The van der Waals surface area contributed by atoms with Crippen LogP contribution in [0.5, 0.6) is 0 Å². The van der Waals surface area contributed by atoms with E-state index >= 15 is 0 Å². The molecule has 0 bridgehead atoms. The molecule has 2 aliphatic rings. The van der Waals surface area contributed by atoms with Crippen LogP contribution in [0.15, 0.2) is 0 Å². The van der Waals surface area contributed by atoms with Gasteiger partial charge in [-0.3, -0.25) is 9.36 Å². The molecule has 1 atom stereocenters. The fraction of sp³-hybridized carbons (Fsp3) is 0.900. The first-order chi connectivity index (χ1) is 8.55. The van der Waals surface area contributed by atoms with Gasteiger partial charge in [0.1, 0.15) is 6.04 Å². The Kier molecular flexibility index (Phi) is 4.34. The van der Waals surface area contributed by atoms with Crippen LogP contribution >= 0.6 is 19.2 Å². The Labute approximate surface area is 112 Å². The average molecular weight is 296 g/mol. The van der Waals surface area contributed by atoms with Crippen molar-refractivity contribution in [3.8, 4) is 0 Å². The molecule has 8 heteroatoms. The van der Waals surface area contributed by atoms with E-state index in [0.29, 0.717) is 12.4 Å². The zero-order valence-corrected chi connectivity index (χ0v) is 12.4. The van der Waals surface area contributed by atoms with Crippen LogP contribution in [0.2, 0.25) is 0 Å². The number of nitrogens with zero attached hydrogens (tertiary/aromatic N) is 3. The topological polar surface area (TPSA) is 52.6 Å². The fourth-order valence-corrected chi connectivity index (χ4v) is 5.48. The minimum atomic E-state index is -2.78. The molecular formula is C10H19ClN3O3P. The summed E-state index contributed by atoms with van der Waals surface area (Å²) in [6, 6.07) is -0.541. The molecule has 0 aromatic heterocycles. The molecule has 2 rings (SSSR count). The van der Waals surface area contributed by atoms with Gasteiger partial charge in [0.25, 0.3) is 7.59 Å². The first-order valence-electron chi connectivity index (χ1n) is 6.07. The van der Waals surface area contributed by atoms with E-state index in [0.717, 1.165) is 26.2 Å². The Morgan fingerprint density at radius 1 is 1.39 bits per heavy atom. The summed E-state index contributed by atoms with van der Waals surface area (Å²) >= 11 is 5.79. The molecule has 2 heterocycles. The lowest BCUT2D eigenvalue weighted by Gasteiger charge is -2.35. The van der Waals surface area contributed by atoms with Crippen molar-refractivity contribution in [3.63, 3.8) is 0 Å². The summed E-state index contributed by atoms with van der Waals surface area (Å²) < 4.78 is 23.5. The van der Waals surface area contributed by atoms with Crippen LogP contribution in [-0.2, 0) is 14.1 Å². The van der Waals surface area contributed by atoms with Crippen LogP contribution in [0.3, 0.4) is 0 Å². The van der Waals surface area contributed by atoms with Gasteiger partial charge in [0.05, 0.1) is 7.11 Å². The number of rotatable bonds is 7. The zero-order valence-electron chi connectivity index (χ0n) is 10.7. The molecule has 2 aliphatic heterocycles. The second-order valence-electron chi connectivity index (χ2n) is 4.47. The number of methoxy groups -OCH3 is 1. The van der Waals surface area contributed by atoms with Crippen molar-refractivity contribution in [2.75, 3.05) is 45.7 Å². The van der Waals surface area contributed by atoms with E-state index < -0.39 is 13.6 Å². The molecule has 2 saturated heterocycles. The number of halogens is 1. The Hall–Kier alpha value is -0.130. The molecule has 1 unspecified atom stereocenters. The molecule has 104 valence electrons. The van der Waals surface area contributed by atoms with Crippen LogP contribution < -0.4 is 0 Å². The Morgan fingerprint density at radius 3 is 2.22 bits per heavy atom. The summed E-state index contributed by atoms with van der Waals surface area (Å²) in [5, 5.41) is 0. The number of carbonyl (C=O) groups is 1. The molecule has 0 aliphatic carbocycles. The highest BCUT2D eigenvalue weighted by molar-refractivity contribution is 7.57. The summed E-state index contributed by atoms with van der Waals surface area (Å²) in [6.07, 6.45) is 0. The van der Waals surface area contributed by atoms with Gasteiger partial charge in [0.15, 0.2) is 0 Å². The largest absolute Gasteiger partial charge is 0.468 e. The quantitative estimate of drug-likeness (QED) is 0.300. The summed E-state index contributed by atoms with van der Waals surface area (Å²) in [5.74, 6) is -0.0310. The van der Waals surface area contributed by atoms with Crippen molar-refractivity contribution in [2.45, 2.75) is 13.0 Å². The minimum absolute atomic E-state index is 0.340.